The van der Waals surface area contributed by atoms with Crippen molar-refractivity contribution in [2.75, 3.05) is 0 Å². The molecular weight excluding hydrogens is 206 g/mol. The molecule has 0 radical (unpaired) electrons. The van der Waals surface area contributed by atoms with Gasteiger partial charge >= 0.3 is 5.97 Å². The van der Waals surface area contributed by atoms with E-state index < -0.39 is 5.97 Å². The topological polar surface area (TPSA) is 67.5 Å². The molecule has 2 aromatic rings. The lowest BCUT2D eigenvalue weighted by Gasteiger charge is -2.23. The molecule has 0 atom stereocenters. The Labute approximate surface area is 91.7 Å². The third-order valence-corrected chi connectivity index (χ3v) is 3.11. The second-order valence-electron chi connectivity index (χ2n) is 4.07. The van der Waals surface area contributed by atoms with Gasteiger partial charge in [0.25, 0.3) is 0 Å². The lowest BCUT2D eigenvalue weighted by molar-refractivity contribution is 0.0693. The minimum Gasteiger partial charge on any atom is -0.476 e. The largest absolute Gasteiger partial charge is 0.476 e. The molecule has 5 heteroatoms. The number of nitrogens with zero attached hydrogens (tertiary/aromatic N) is 3. The fourth-order valence-corrected chi connectivity index (χ4v) is 2.04. The van der Waals surface area contributed by atoms with E-state index in [1.165, 1.54) is 6.42 Å². The molecule has 2 aromatic heterocycles. The van der Waals surface area contributed by atoms with Crippen LogP contribution in [-0.2, 0) is 0 Å². The summed E-state index contributed by atoms with van der Waals surface area (Å²) in [6.45, 7) is 0. The van der Waals surface area contributed by atoms with Gasteiger partial charge in [0.1, 0.15) is 5.82 Å². The Bertz CT molecular complexity index is 557. The fraction of sp³-hybridized carbons (Fsp3) is 0.364. The molecule has 3 rings (SSSR count). The molecule has 1 aliphatic rings. The minimum atomic E-state index is -0.990. The highest BCUT2D eigenvalue weighted by molar-refractivity contribution is 5.93. The number of hydrogen-bond acceptors (Lipinski definition) is 3. The monoisotopic (exact) mass is 217 g/mol. The molecule has 0 aliphatic heterocycles. The van der Waals surface area contributed by atoms with Gasteiger partial charge in [-0.25, -0.2) is 14.3 Å². The first-order chi connectivity index (χ1) is 7.77. The zero-order valence-corrected chi connectivity index (χ0v) is 8.63. The van der Waals surface area contributed by atoms with Crippen molar-refractivity contribution >= 4 is 11.5 Å². The second-order valence-corrected chi connectivity index (χ2v) is 4.07. The van der Waals surface area contributed by atoms with Crippen molar-refractivity contribution < 1.29 is 9.90 Å². The molecule has 5 nitrogen and oxygen atoms in total. The first kappa shape index (κ1) is 9.33. The molecule has 0 aromatic carbocycles. The number of carboxylic acid groups (broad SMARTS) is 1. The summed E-state index contributed by atoms with van der Waals surface area (Å²) in [7, 11) is 0. The Hall–Kier alpha value is -1.91. The van der Waals surface area contributed by atoms with Gasteiger partial charge in [-0.2, -0.15) is 5.10 Å². The Morgan fingerprint density at radius 1 is 1.50 bits per heavy atom. The normalized spacial score (nSPS) is 16.2. The maximum atomic E-state index is 11.1. The second kappa shape index (κ2) is 3.30. The molecule has 2 heterocycles. The predicted octanol–water partition coefficient (Wildman–Crippen LogP) is 1.70. The number of aromatic nitrogens is 3. The molecule has 1 aliphatic carbocycles. The van der Waals surface area contributed by atoms with Gasteiger partial charge in [-0.15, -0.1) is 0 Å². The lowest BCUT2D eigenvalue weighted by atomic mass is 9.85. The van der Waals surface area contributed by atoms with Crippen molar-refractivity contribution in [3.05, 3.63) is 29.8 Å². The number of imidazole rings is 1. The zero-order chi connectivity index (χ0) is 11.1. The van der Waals surface area contributed by atoms with E-state index in [1.807, 2.05) is 0 Å². The number of fused-ring (bicyclic) bond motifs is 1. The fourth-order valence-electron chi connectivity index (χ4n) is 2.04. The summed E-state index contributed by atoms with van der Waals surface area (Å²) in [4.78, 5) is 15.3. The Morgan fingerprint density at radius 3 is 2.94 bits per heavy atom. The van der Waals surface area contributed by atoms with Crippen LogP contribution < -0.4 is 0 Å². The van der Waals surface area contributed by atoms with Crippen LogP contribution in [-0.4, -0.2) is 25.7 Å². The van der Waals surface area contributed by atoms with Crippen LogP contribution in [0.3, 0.4) is 0 Å². The first-order valence-electron chi connectivity index (χ1n) is 5.34. The highest BCUT2D eigenvalue weighted by atomic mass is 16.4. The van der Waals surface area contributed by atoms with Crippen LogP contribution >= 0.6 is 0 Å². The van der Waals surface area contributed by atoms with Crippen LogP contribution in [0.4, 0.5) is 0 Å². The number of carbonyl (C=O) groups is 1. The molecule has 1 saturated carbocycles. The first-order valence-corrected chi connectivity index (χ1v) is 5.34. The van der Waals surface area contributed by atoms with Crippen molar-refractivity contribution in [1.29, 1.82) is 0 Å². The number of rotatable bonds is 2. The van der Waals surface area contributed by atoms with Gasteiger partial charge in [0.15, 0.2) is 5.69 Å². The minimum absolute atomic E-state index is 0.106. The average molecular weight is 217 g/mol. The number of aromatic carboxylic acids is 1. The van der Waals surface area contributed by atoms with Crippen molar-refractivity contribution in [3.63, 3.8) is 0 Å². The van der Waals surface area contributed by atoms with Crippen LogP contribution in [0.2, 0.25) is 0 Å². The van der Waals surface area contributed by atoms with Gasteiger partial charge in [0, 0.05) is 12.1 Å². The van der Waals surface area contributed by atoms with Gasteiger partial charge in [0.2, 0.25) is 0 Å². The van der Waals surface area contributed by atoms with Crippen LogP contribution in [0, 0.1) is 0 Å². The molecule has 82 valence electrons. The van der Waals surface area contributed by atoms with Gasteiger partial charge in [-0.05, 0) is 25.0 Å². The van der Waals surface area contributed by atoms with Crippen molar-refractivity contribution in [2.24, 2.45) is 0 Å². The highest BCUT2D eigenvalue weighted by Gasteiger charge is 2.27. The highest BCUT2D eigenvalue weighted by Crippen LogP contribution is 2.36. The quantitative estimate of drug-likeness (QED) is 0.831. The molecule has 16 heavy (non-hydrogen) atoms. The van der Waals surface area contributed by atoms with E-state index in [4.69, 9.17) is 5.11 Å². The van der Waals surface area contributed by atoms with Crippen LogP contribution in [0.5, 0.6) is 0 Å². The van der Waals surface area contributed by atoms with E-state index in [1.54, 1.807) is 22.8 Å². The van der Waals surface area contributed by atoms with E-state index in [-0.39, 0.29) is 5.69 Å². The number of carboxylic acids is 1. The molecule has 0 spiro atoms. The molecule has 0 unspecified atom stereocenters. The molecule has 0 bridgehead atoms. The third kappa shape index (κ3) is 1.21. The molecule has 0 saturated heterocycles. The average Bonchev–Trinajstić information content (AvgIpc) is 2.56. The van der Waals surface area contributed by atoms with E-state index in [0.29, 0.717) is 11.4 Å². The van der Waals surface area contributed by atoms with E-state index in [2.05, 4.69) is 10.1 Å². The Kier molecular flexibility index (Phi) is 1.92. The summed E-state index contributed by atoms with van der Waals surface area (Å²) in [5, 5.41) is 13.2. The molecular formula is C11H11N3O2. The maximum absolute atomic E-state index is 11.1. The Morgan fingerprint density at radius 2 is 2.31 bits per heavy atom. The van der Waals surface area contributed by atoms with Crippen LogP contribution in [0.15, 0.2) is 18.3 Å². The molecule has 1 N–H and O–H groups in total. The van der Waals surface area contributed by atoms with Gasteiger partial charge in [-0.3, -0.25) is 0 Å². The molecule has 0 amide bonds. The van der Waals surface area contributed by atoms with Gasteiger partial charge < -0.3 is 5.11 Å². The number of hydrogen-bond donors (Lipinski definition) is 1. The van der Waals surface area contributed by atoms with E-state index in [9.17, 15) is 4.79 Å². The van der Waals surface area contributed by atoms with Crippen molar-refractivity contribution in [1.82, 2.24) is 14.6 Å². The van der Waals surface area contributed by atoms with Gasteiger partial charge in [0.05, 0.1) is 5.52 Å². The maximum Gasteiger partial charge on any atom is 0.356 e. The predicted molar refractivity (Wildman–Crippen MR) is 56.5 cm³/mol. The Balaban J connectivity index is 2.24. The van der Waals surface area contributed by atoms with Crippen LogP contribution in [0.25, 0.3) is 5.52 Å². The van der Waals surface area contributed by atoms with Crippen LogP contribution in [0.1, 0.15) is 41.5 Å². The SMILES string of the molecule is O=C(O)c1nc(C2CCC2)n2ncccc12. The summed E-state index contributed by atoms with van der Waals surface area (Å²) in [5.74, 6) is 0.172. The molecule has 1 fully saturated rings. The summed E-state index contributed by atoms with van der Waals surface area (Å²) in [6.07, 6.45) is 5.00. The lowest BCUT2D eigenvalue weighted by Crippen LogP contribution is -2.13. The summed E-state index contributed by atoms with van der Waals surface area (Å²) in [5.41, 5.74) is 0.687. The summed E-state index contributed by atoms with van der Waals surface area (Å²) >= 11 is 0. The van der Waals surface area contributed by atoms with Crippen molar-refractivity contribution in [3.8, 4) is 0 Å². The summed E-state index contributed by atoms with van der Waals surface area (Å²) < 4.78 is 1.66. The van der Waals surface area contributed by atoms with E-state index in [0.717, 1.165) is 18.7 Å². The van der Waals surface area contributed by atoms with E-state index >= 15 is 0 Å². The zero-order valence-electron chi connectivity index (χ0n) is 8.63. The summed E-state index contributed by atoms with van der Waals surface area (Å²) in [6, 6.07) is 3.47. The standard InChI is InChI=1S/C11H11N3O2/c15-11(16)9-8-5-2-6-12-14(8)10(13-9)7-3-1-4-7/h2,5-7H,1,3-4H2,(H,15,16). The van der Waals surface area contributed by atoms with Crippen molar-refractivity contribution in [2.45, 2.75) is 25.2 Å². The van der Waals surface area contributed by atoms with Gasteiger partial charge in [-0.1, -0.05) is 6.42 Å². The smallest absolute Gasteiger partial charge is 0.356 e. The third-order valence-electron chi connectivity index (χ3n) is 3.11.